The van der Waals surface area contributed by atoms with E-state index in [2.05, 4.69) is 11.2 Å². The number of carbonyl (C=O) groups excluding carboxylic acids is 2. The summed E-state index contributed by atoms with van der Waals surface area (Å²) >= 11 is 1.52. The van der Waals surface area contributed by atoms with Gasteiger partial charge in [0, 0.05) is 22.0 Å². The Morgan fingerprint density at radius 1 is 1.23 bits per heavy atom. The van der Waals surface area contributed by atoms with Crippen molar-refractivity contribution in [1.82, 2.24) is 5.32 Å². The van der Waals surface area contributed by atoms with Crippen molar-refractivity contribution in [1.29, 1.82) is 0 Å². The summed E-state index contributed by atoms with van der Waals surface area (Å²) in [4.78, 5) is 25.5. The Bertz CT molecular complexity index is 830. The molecule has 4 nitrogen and oxygen atoms in total. The van der Waals surface area contributed by atoms with Crippen LogP contribution < -0.4 is 11.1 Å². The minimum absolute atomic E-state index is 0.0392. The van der Waals surface area contributed by atoms with E-state index in [4.69, 9.17) is 12.2 Å². The van der Waals surface area contributed by atoms with Crippen LogP contribution in [-0.4, -0.2) is 17.9 Å². The summed E-state index contributed by atoms with van der Waals surface area (Å²) in [6, 6.07) is 9.06. The Morgan fingerprint density at radius 2 is 2.00 bits per heavy atom. The molecule has 134 valence electrons. The molecule has 0 saturated heterocycles. The number of nitrogens with two attached hydrogens (primary N) is 1. The van der Waals surface area contributed by atoms with E-state index in [1.807, 2.05) is 17.5 Å². The van der Waals surface area contributed by atoms with Crippen molar-refractivity contribution >= 4 is 23.2 Å². The van der Waals surface area contributed by atoms with E-state index in [0.29, 0.717) is 11.1 Å². The van der Waals surface area contributed by atoms with Gasteiger partial charge < -0.3 is 11.1 Å². The molecule has 0 aliphatic heterocycles. The normalized spacial score (nSPS) is 15.8. The summed E-state index contributed by atoms with van der Waals surface area (Å²) in [7, 11) is 0. The van der Waals surface area contributed by atoms with Crippen LogP contribution in [0.1, 0.15) is 64.4 Å². The Hall–Kier alpha value is -2.58. The SMILES string of the molecule is C#Cc1cc(C(N)=O)ccc1C(C(=O)NC1CCCCC1)c1cccs1. The number of nitrogens with one attached hydrogen (secondary N) is 1. The van der Waals surface area contributed by atoms with Crippen molar-refractivity contribution in [3.05, 3.63) is 57.3 Å². The fourth-order valence-electron chi connectivity index (χ4n) is 3.50. The number of carbonyl (C=O) groups is 2. The van der Waals surface area contributed by atoms with Gasteiger partial charge in [0.05, 0.1) is 5.92 Å². The monoisotopic (exact) mass is 366 g/mol. The van der Waals surface area contributed by atoms with Gasteiger partial charge >= 0.3 is 0 Å². The highest BCUT2D eigenvalue weighted by molar-refractivity contribution is 7.10. The van der Waals surface area contributed by atoms with Crippen LogP contribution in [0.3, 0.4) is 0 Å². The zero-order chi connectivity index (χ0) is 18.5. The first-order valence-electron chi connectivity index (χ1n) is 8.84. The second-order valence-corrected chi connectivity index (χ2v) is 7.58. The fourth-order valence-corrected chi connectivity index (χ4v) is 4.34. The summed E-state index contributed by atoms with van der Waals surface area (Å²) in [5, 5.41) is 5.15. The van der Waals surface area contributed by atoms with Crippen molar-refractivity contribution in [2.24, 2.45) is 5.73 Å². The van der Waals surface area contributed by atoms with Crippen molar-refractivity contribution in [2.75, 3.05) is 0 Å². The minimum atomic E-state index is -0.535. The lowest BCUT2D eigenvalue weighted by molar-refractivity contribution is -0.122. The van der Waals surface area contributed by atoms with E-state index in [9.17, 15) is 9.59 Å². The highest BCUT2D eigenvalue weighted by Gasteiger charge is 2.28. The Morgan fingerprint density at radius 3 is 2.62 bits per heavy atom. The van der Waals surface area contributed by atoms with Gasteiger partial charge in [0.15, 0.2) is 0 Å². The summed E-state index contributed by atoms with van der Waals surface area (Å²) in [5.41, 5.74) is 6.96. The van der Waals surface area contributed by atoms with Gasteiger partial charge in [-0.3, -0.25) is 9.59 Å². The van der Waals surface area contributed by atoms with E-state index in [0.717, 1.165) is 36.1 Å². The van der Waals surface area contributed by atoms with Crippen LogP contribution in [0.4, 0.5) is 0 Å². The molecule has 3 N–H and O–H groups in total. The Kier molecular flexibility index (Phi) is 5.75. The quantitative estimate of drug-likeness (QED) is 0.796. The number of terminal acetylenes is 1. The van der Waals surface area contributed by atoms with Crippen molar-refractivity contribution in [3.8, 4) is 12.3 Å². The van der Waals surface area contributed by atoms with E-state index < -0.39 is 11.8 Å². The van der Waals surface area contributed by atoms with Gasteiger partial charge in [0.25, 0.3) is 0 Å². The average Bonchev–Trinajstić information content (AvgIpc) is 3.17. The highest BCUT2D eigenvalue weighted by Crippen LogP contribution is 2.32. The summed E-state index contributed by atoms with van der Waals surface area (Å²) in [6.45, 7) is 0. The molecule has 1 atom stereocenters. The molecular formula is C21H22N2O2S. The van der Waals surface area contributed by atoms with Crippen LogP contribution in [0, 0.1) is 12.3 Å². The third kappa shape index (κ3) is 3.97. The zero-order valence-corrected chi connectivity index (χ0v) is 15.4. The first-order valence-corrected chi connectivity index (χ1v) is 9.72. The maximum Gasteiger partial charge on any atom is 0.248 e. The molecule has 0 radical (unpaired) electrons. The second-order valence-electron chi connectivity index (χ2n) is 6.60. The van der Waals surface area contributed by atoms with E-state index in [-0.39, 0.29) is 11.9 Å². The molecule has 1 saturated carbocycles. The lowest BCUT2D eigenvalue weighted by atomic mass is 9.89. The fraction of sp³-hybridized carbons (Fsp3) is 0.333. The third-order valence-electron chi connectivity index (χ3n) is 4.85. The molecule has 0 bridgehead atoms. The number of primary amides is 1. The van der Waals surface area contributed by atoms with Gasteiger partial charge in [-0.05, 0) is 42.0 Å². The summed E-state index contributed by atoms with van der Waals surface area (Å²) < 4.78 is 0. The van der Waals surface area contributed by atoms with Crippen molar-refractivity contribution < 1.29 is 9.59 Å². The van der Waals surface area contributed by atoms with Crippen LogP contribution in [0.2, 0.25) is 0 Å². The van der Waals surface area contributed by atoms with Gasteiger partial charge in [-0.1, -0.05) is 37.3 Å². The van der Waals surface area contributed by atoms with Crippen LogP contribution >= 0.6 is 11.3 Å². The second kappa shape index (κ2) is 8.20. The molecule has 2 aromatic rings. The predicted octanol–water partition coefficient (Wildman–Crippen LogP) is 3.41. The number of benzene rings is 1. The average molecular weight is 366 g/mol. The molecule has 1 aliphatic rings. The summed E-state index contributed by atoms with van der Waals surface area (Å²) in [6.07, 6.45) is 11.2. The zero-order valence-electron chi connectivity index (χ0n) is 14.5. The van der Waals surface area contributed by atoms with Crippen LogP contribution in [0.15, 0.2) is 35.7 Å². The number of hydrogen-bond donors (Lipinski definition) is 2. The van der Waals surface area contributed by atoms with Crippen LogP contribution in [0.5, 0.6) is 0 Å². The Balaban J connectivity index is 1.95. The summed E-state index contributed by atoms with van der Waals surface area (Å²) in [5.74, 6) is 1.55. The van der Waals surface area contributed by atoms with Gasteiger partial charge in [-0.2, -0.15) is 0 Å². The van der Waals surface area contributed by atoms with Crippen LogP contribution in [-0.2, 0) is 4.79 Å². The van der Waals surface area contributed by atoms with Gasteiger partial charge in [0.2, 0.25) is 11.8 Å². The molecule has 1 aromatic heterocycles. The maximum absolute atomic E-state index is 13.1. The van der Waals surface area contributed by atoms with Crippen molar-refractivity contribution in [2.45, 2.75) is 44.1 Å². The van der Waals surface area contributed by atoms with Gasteiger partial charge in [-0.25, -0.2) is 0 Å². The molecular weight excluding hydrogens is 344 g/mol. The molecule has 26 heavy (non-hydrogen) atoms. The molecule has 3 rings (SSSR count). The Labute approximate surface area is 157 Å². The highest BCUT2D eigenvalue weighted by atomic mass is 32.1. The molecule has 1 aliphatic carbocycles. The molecule has 2 amide bonds. The largest absolute Gasteiger partial charge is 0.366 e. The van der Waals surface area contributed by atoms with E-state index in [1.54, 1.807) is 18.2 Å². The predicted molar refractivity (Wildman–Crippen MR) is 104 cm³/mol. The lowest BCUT2D eigenvalue weighted by Crippen LogP contribution is -2.39. The van der Waals surface area contributed by atoms with E-state index >= 15 is 0 Å². The van der Waals surface area contributed by atoms with Crippen LogP contribution in [0.25, 0.3) is 0 Å². The first-order chi connectivity index (χ1) is 12.6. The molecule has 1 fully saturated rings. The molecule has 1 unspecified atom stereocenters. The molecule has 5 heteroatoms. The molecule has 1 heterocycles. The minimum Gasteiger partial charge on any atom is -0.366 e. The third-order valence-corrected chi connectivity index (χ3v) is 5.78. The van der Waals surface area contributed by atoms with Gasteiger partial charge in [-0.15, -0.1) is 17.8 Å². The number of thiophene rings is 1. The van der Waals surface area contributed by atoms with Gasteiger partial charge in [0.1, 0.15) is 0 Å². The topological polar surface area (TPSA) is 72.2 Å². The molecule has 1 aromatic carbocycles. The number of amides is 2. The maximum atomic E-state index is 13.1. The molecule has 0 spiro atoms. The number of hydrogen-bond acceptors (Lipinski definition) is 3. The van der Waals surface area contributed by atoms with E-state index in [1.165, 1.54) is 17.8 Å². The lowest BCUT2D eigenvalue weighted by Gasteiger charge is -2.26. The smallest absolute Gasteiger partial charge is 0.248 e. The standard InChI is InChI=1S/C21H22N2O2S/c1-2-14-13-15(20(22)24)10-11-17(14)19(18-9-6-12-26-18)21(25)23-16-7-4-3-5-8-16/h1,6,9-13,16,19H,3-5,7-8H2,(H2,22,24)(H,23,25). The van der Waals surface area contributed by atoms with Crippen molar-refractivity contribution in [3.63, 3.8) is 0 Å². The number of rotatable bonds is 5. The first kappa shape index (κ1) is 18.2.